The summed E-state index contributed by atoms with van der Waals surface area (Å²) in [6.07, 6.45) is 0.952. The molecule has 3 aromatic carbocycles. The molecular formula is C23H24ClN3O6S2. The second kappa shape index (κ2) is 10.6. The number of nitrogens with one attached hydrogen (secondary N) is 1. The predicted octanol–water partition coefficient (Wildman–Crippen LogP) is 3.79. The Labute approximate surface area is 210 Å². The third-order valence-corrected chi connectivity index (χ3v) is 7.98. The molecule has 1 amide bonds. The lowest BCUT2D eigenvalue weighted by Crippen LogP contribution is -2.37. The molecule has 0 aliphatic rings. The van der Waals surface area contributed by atoms with Gasteiger partial charge in [0, 0.05) is 19.1 Å². The normalized spacial score (nSPS) is 11.8. The number of halogens is 1. The monoisotopic (exact) mass is 537 g/mol. The number of carbonyl (C=O) groups excluding carboxylic acids is 1. The van der Waals surface area contributed by atoms with E-state index in [1.807, 2.05) is 6.07 Å². The van der Waals surface area contributed by atoms with Crippen LogP contribution in [0.5, 0.6) is 11.5 Å². The summed E-state index contributed by atoms with van der Waals surface area (Å²) < 4.78 is 57.2. The zero-order valence-electron chi connectivity index (χ0n) is 19.2. The summed E-state index contributed by atoms with van der Waals surface area (Å²) in [5.74, 6) is 0.203. The molecule has 0 atom stereocenters. The van der Waals surface area contributed by atoms with E-state index in [0.29, 0.717) is 16.5 Å². The van der Waals surface area contributed by atoms with Gasteiger partial charge in [-0.3, -0.25) is 9.10 Å². The maximum atomic E-state index is 12.9. The SMILES string of the molecule is CN(C)S(=O)(=O)c1ccc(N(CC(=O)Nc2cc(Cl)ccc2Oc2ccccc2)S(C)(=O)=O)cc1. The molecule has 3 rings (SSSR count). The molecule has 0 spiro atoms. The molecule has 0 heterocycles. The van der Waals surface area contributed by atoms with Gasteiger partial charge in [0.25, 0.3) is 0 Å². The Morgan fingerprint density at radius 1 is 0.943 bits per heavy atom. The van der Waals surface area contributed by atoms with Gasteiger partial charge in [-0.15, -0.1) is 0 Å². The Balaban J connectivity index is 1.84. The molecule has 35 heavy (non-hydrogen) atoms. The largest absolute Gasteiger partial charge is 0.455 e. The van der Waals surface area contributed by atoms with Gasteiger partial charge < -0.3 is 10.1 Å². The van der Waals surface area contributed by atoms with E-state index in [2.05, 4.69) is 5.32 Å². The van der Waals surface area contributed by atoms with Gasteiger partial charge in [0.1, 0.15) is 12.3 Å². The third-order valence-electron chi connectivity index (χ3n) is 4.78. The van der Waals surface area contributed by atoms with Crippen LogP contribution < -0.4 is 14.4 Å². The van der Waals surface area contributed by atoms with Gasteiger partial charge in [-0.05, 0) is 54.6 Å². The third kappa shape index (κ3) is 6.73. The number of para-hydroxylation sites is 1. The Hall–Kier alpha value is -3.12. The minimum Gasteiger partial charge on any atom is -0.455 e. The number of carbonyl (C=O) groups is 1. The van der Waals surface area contributed by atoms with Crippen LogP contribution in [-0.2, 0) is 24.8 Å². The van der Waals surface area contributed by atoms with Crippen molar-refractivity contribution in [2.24, 2.45) is 0 Å². The van der Waals surface area contributed by atoms with Gasteiger partial charge >= 0.3 is 0 Å². The van der Waals surface area contributed by atoms with Crippen LogP contribution in [-0.4, -0.2) is 53.9 Å². The topological polar surface area (TPSA) is 113 Å². The number of benzene rings is 3. The summed E-state index contributed by atoms with van der Waals surface area (Å²) in [6, 6.07) is 18.8. The van der Waals surface area contributed by atoms with E-state index in [0.717, 1.165) is 14.9 Å². The standard InChI is InChI=1S/C23H24ClN3O6S2/c1-26(2)35(31,32)20-12-10-18(11-13-20)27(34(3,29)30)16-23(28)25-21-15-17(24)9-14-22(21)33-19-7-5-4-6-8-19/h4-15H,16H2,1-3H3,(H,25,28). The molecule has 0 aromatic heterocycles. The maximum Gasteiger partial charge on any atom is 0.245 e. The van der Waals surface area contributed by atoms with Gasteiger partial charge in [0.15, 0.2) is 5.75 Å². The van der Waals surface area contributed by atoms with E-state index in [1.54, 1.807) is 36.4 Å². The number of ether oxygens (including phenoxy) is 1. The molecule has 186 valence electrons. The Morgan fingerprint density at radius 3 is 2.14 bits per heavy atom. The number of amides is 1. The summed E-state index contributed by atoms with van der Waals surface area (Å²) in [6.45, 7) is -0.560. The van der Waals surface area contributed by atoms with Crippen LogP contribution >= 0.6 is 11.6 Å². The molecule has 0 fully saturated rings. The molecule has 1 N–H and O–H groups in total. The van der Waals surface area contributed by atoms with Gasteiger partial charge in [-0.25, -0.2) is 21.1 Å². The first-order valence-electron chi connectivity index (χ1n) is 10.2. The molecule has 0 aliphatic carbocycles. The van der Waals surface area contributed by atoms with E-state index in [9.17, 15) is 21.6 Å². The fourth-order valence-electron chi connectivity index (χ4n) is 3.02. The van der Waals surface area contributed by atoms with Crippen molar-refractivity contribution >= 4 is 48.9 Å². The summed E-state index contributed by atoms with van der Waals surface area (Å²) in [4.78, 5) is 12.8. The number of hydrogen-bond donors (Lipinski definition) is 1. The van der Waals surface area contributed by atoms with Crippen molar-refractivity contribution in [1.29, 1.82) is 0 Å². The van der Waals surface area contributed by atoms with E-state index < -0.39 is 32.5 Å². The summed E-state index contributed by atoms with van der Waals surface area (Å²) in [5, 5.41) is 2.98. The highest BCUT2D eigenvalue weighted by Crippen LogP contribution is 2.32. The van der Waals surface area contributed by atoms with Crippen LogP contribution in [0.1, 0.15) is 0 Å². The highest BCUT2D eigenvalue weighted by atomic mass is 35.5. The number of anilines is 2. The average Bonchev–Trinajstić information content (AvgIpc) is 2.79. The second-order valence-corrected chi connectivity index (χ2v) is 12.1. The Morgan fingerprint density at radius 2 is 1.57 bits per heavy atom. The Kier molecular flexibility index (Phi) is 8.06. The lowest BCUT2D eigenvalue weighted by molar-refractivity contribution is -0.114. The second-order valence-electron chi connectivity index (χ2n) is 7.65. The molecule has 0 bridgehead atoms. The fourth-order valence-corrected chi connectivity index (χ4v) is 4.95. The Bertz CT molecular complexity index is 1410. The van der Waals surface area contributed by atoms with E-state index in [4.69, 9.17) is 16.3 Å². The molecule has 0 radical (unpaired) electrons. The maximum absolute atomic E-state index is 12.9. The van der Waals surface area contributed by atoms with Crippen LogP contribution in [0, 0.1) is 0 Å². The van der Waals surface area contributed by atoms with E-state index in [1.165, 1.54) is 44.4 Å². The van der Waals surface area contributed by atoms with Crippen LogP contribution in [0.4, 0.5) is 11.4 Å². The van der Waals surface area contributed by atoms with Crippen LogP contribution in [0.15, 0.2) is 77.7 Å². The van der Waals surface area contributed by atoms with Gasteiger partial charge in [0.2, 0.25) is 26.0 Å². The molecule has 0 saturated heterocycles. The van der Waals surface area contributed by atoms with E-state index in [-0.39, 0.29) is 16.3 Å². The lowest BCUT2D eigenvalue weighted by Gasteiger charge is -2.23. The van der Waals surface area contributed by atoms with E-state index >= 15 is 0 Å². The summed E-state index contributed by atoms with van der Waals surface area (Å²) >= 11 is 6.09. The highest BCUT2D eigenvalue weighted by molar-refractivity contribution is 7.92. The summed E-state index contributed by atoms with van der Waals surface area (Å²) in [5.41, 5.74) is 0.388. The van der Waals surface area contributed by atoms with Gasteiger partial charge in [0.05, 0.1) is 22.5 Å². The summed E-state index contributed by atoms with van der Waals surface area (Å²) in [7, 11) is -4.79. The first-order valence-corrected chi connectivity index (χ1v) is 13.9. The van der Waals surface area contributed by atoms with Gasteiger partial charge in [-0.2, -0.15) is 0 Å². The zero-order valence-corrected chi connectivity index (χ0v) is 21.6. The number of sulfonamides is 2. The number of hydrogen-bond acceptors (Lipinski definition) is 6. The minimum atomic E-state index is -3.88. The van der Waals surface area contributed by atoms with Crippen LogP contribution in [0.25, 0.3) is 0 Å². The molecule has 3 aromatic rings. The smallest absolute Gasteiger partial charge is 0.245 e. The zero-order chi connectivity index (χ0) is 25.8. The molecule has 0 unspecified atom stereocenters. The average molecular weight is 538 g/mol. The minimum absolute atomic E-state index is 0.00853. The first kappa shape index (κ1) is 26.5. The van der Waals surface area contributed by atoms with Crippen LogP contribution in [0.3, 0.4) is 0 Å². The molecular weight excluding hydrogens is 514 g/mol. The fraction of sp³-hybridized carbons (Fsp3) is 0.174. The molecule has 0 aliphatic heterocycles. The molecule has 0 saturated carbocycles. The molecule has 9 nitrogen and oxygen atoms in total. The molecule has 12 heteroatoms. The first-order chi connectivity index (χ1) is 16.4. The lowest BCUT2D eigenvalue weighted by atomic mass is 10.2. The number of nitrogens with zero attached hydrogens (tertiary/aromatic N) is 2. The predicted molar refractivity (Wildman–Crippen MR) is 136 cm³/mol. The van der Waals surface area contributed by atoms with Crippen molar-refractivity contribution in [3.8, 4) is 11.5 Å². The quantitative estimate of drug-likeness (QED) is 0.444. The van der Waals surface area contributed by atoms with Gasteiger partial charge in [-0.1, -0.05) is 29.8 Å². The van der Waals surface area contributed by atoms with Crippen LogP contribution in [0.2, 0.25) is 5.02 Å². The van der Waals surface area contributed by atoms with Crippen molar-refractivity contribution in [3.63, 3.8) is 0 Å². The van der Waals surface area contributed by atoms with Crippen molar-refractivity contribution in [3.05, 3.63) is 77.8 Å². The van der Waals surface area contributed by atoms with Crippen molar-refractivity contribution < 1.29 is 26.4 Å². The number of rotatable bonds is 9. The highest BCUT2D eigenvalue weighted by Gasteiger charge is 2.23. The van der Waals surface area contributed by atoms with Crippen molar-refractivity contribution in [2.75, 3.05) is 36.5 Å². The van der Waals surface area contributed by atoms with Crippen molar-refractivity contribution in [1.82, 2.24) is 4.31 Å². The van der Waals surface area contributed by atoms with Crippen molar-refractivity contribution in [2.45, 2.75) is 4.90 Å².